The number of nitrogens with one attached hydrogen (secondary N) is 1. The van der Waals surface area contributed by atoms with E-state index in [0.717, 1.165) is 32.5 Å². The van der Waals surface area contributed by atoms with Crippen LogP contribution in [0.4, 0.5) is 0 Å². The van der Waals surface area contributed by atoms with Crippen LogP contribution in [-0.4, -0.2) is 66.9 Å². The molecule has 2 fully saturated rings. The number of likely N-dealkylation sites (N-methyl/N-ethyl adjacent to an activating group) is 1. The third-order valence-electron chi connectivity index (χ3n) is 4.55. The lowest BCUT2D eigenvalue weighted by atomic mass is 9.78. The Morgan fingerprint density at radius 3 is 2.55 bits per heavy atom. The van der Waals surface area contributed by atoms with Gasteiger partial charge >= 0.3 is 0 Å². The van der Waals surface area contributed by atoms with Crippen LogP contribution >= 0.6 is 0 Å². The molecule has 0 atom stereocenters. The molecule has 1 heterocycles. The fourth-order valence-electron chi connectivity index (χ4n) is 3.54. The molecule has 0 bridgehead atoms. The van der Waals surface area contributed by atoms with Gasteiger partial charge in [0.15, 0.2) is 0 Å². The highest BCUT2D eigenvalue weighted by atomic mass is 16.2. The van der Waals surface area contributed by atoms with Crippen LogP contribution in [0.15, 0.2) is 0 Å². The summed E-state index contributed by atoms with van der Waals surface area (Å²) in [6.07, 6.45) is 5.79. The van der Waals surface area contributed by atoms with E-state index in [1.807, 2.05) is 4.90 Å². The topological polar surface area (TPSA) is 78.7 Å². The minimum atomic E-state index is -0.273. The van der Waals surface area contributed by atoms with Gasteiger partial charge in [0.1, 0.15) is 0 Å². The van der Waals surface area contributed by atoms with E-state index < -0.39 is 0 Å². The first-order valence-corrected chi connectivity index (χ1v) is 7.53. The van der Waals surface area contributed by atoms with Crippen LogP contribution < -0.4 is 11.1 Å². The maximum Gasteiger partial charge on any atom is 0.242 e. The largest absolute Gasteiger partial charge is 0.346 e. The Bertz CT molecular complexity index is 366. The Hall–Kier alpha value is -1.14. The molecule has 6 heteroatoms. The summed E-state index contributed by atoms with van der Waals surface area (Å²) < 4.78 is 0. The molecule has 2 amide bonds. The predicted molar refractivity (Wildman–Crippen MR) is 77.1 cm³/mol. The van der Waals surface area contributed by atoms with Gasteiger partial charge in [0.2, 0.25) is 11.8 Å². The lowest BCUT2D eigenvalue weighted by Gasteiger charge is -2.52. The van der Waals surface area contributed by atoms with Gasteiger partial charge < -0.3 is 20.9 Å². The monoisotopic (exact) mass is 282 g/mol. The van der Waals surface area contributed by atoms with Gasteiger partial charge in [-0.2, -0.15) is 0 Å². The van der Waals surface area contributed by atoms with E-state index in [9.17, 15) is 9.59 Å². The van der Waals surface area contributed by atoms with Crippen LogP contribution in [-0.2, 0) is 9.59 Å². The summed E-state index contributed by atoms with van der Waals surface area (Å²) in [5.41, 5.74) is 5.23. The van der Waals surface area contributed by atoms with Crippen LogP contribution in [0.3, 0.4) is 0 Å². The molecular formula is C14H26N4O2. The second kappa shape index (κ2) is 6.54. The van der Waals surface area contributed by atoms with Crippen LogP contribution in [0, 0.1) is 0 Å². The normalized spacial score (nSPS) is 22.8. The van der Waals surface area contributed by atoms with Crippen molar-refractivity contribution in [3.8, 4) is 0 Å². The highest BCUT2D eigenvalue weighted by Gasteiger charge is 2.43. The third-order valence-corrected chi connectivity index (χ3v) is 4.55. The Kier molecular flexibility index (Phi) is 4.99. The van der Waals surface area contributed by atoms with Gasteiger partial charge in [-0.3, -0.25) is 9.59 Å². The van der Waals surface area contributed by atoms with Gasteiger partial charge in [-0.05, 0) is 19.9 Å². The Labute approximate surface area is 120 Å². The van der Waals surface area contributed by atoms with Crippen molar-refractivity contribution in [2.45, 2.75) is 37.6 Å². The molecule has 0 aromatic rings. The predicted octanol–water partition coefficient (Wildman–Crippen LogP) is -0.462. The maximum absolute atomic E-state index is 12.5. The summed E-state index contributed by atoms with van der Waals surface area (Å²) in [6, 6.07) is 0. The van der Waals surface area contributed by atoms with Crippen molar-refractivity contribution < 1.29 is 9.59 Å². The molecule has 2 aliphatic rings. The molecule has 1 aliphatic carbocycles. The lowest BCUT2D eigenvalue weighted by Crippen LogP contribution is -2.65. The van der Waals surface area contributed by atoms with Crippen LogP contribution in [0.1, 0.15) is 32.1 Å². The number of carbonyl (C=O) groups excluding carboxylic acids is 2. The molecule has 6 nitrogen and oxygen atoms in total. The van der Waals surface area contributed by atoms with E-state index in [2.05, 4.69) is 17.3 Å². The van der Waals surface area contributed by atoms with E-state index in [1.54, 1.807) is 0 Å². The molecule has 1 saturated carbocycles. The summed E-state index contributed by atoms with van der Waals surface area (Å²) >= 11 is 0. The minimum absolute atomic E-state index is 0.0181. The first-order valence-electron chi connectivity index (χ1n) is 7.53. The molecule has 114 valence electrons. The highest BCUT2D eigenvalue weighted by molar-refractivity contribution is 5.86. The molecule has 20 heavy (non-hydrogen) atoms. The molecular weight excluding hydrogens is 256 g/mol. The second-order valence-corrected chi connectivity index (χ2v) is 6.05. The maximum atomic E-state index is 12.5. The standard InChI is InChI=1S/C14H26N4O2/c1-17-7-8-18(13(20)10-16-12(19)9-15)14(11-17)5-3-2-4-6-14/h2-11,15H2,1H3,(H,16,19). The molecule has 1 spiro atoms. The highest BCUT2D eigenvalue weighted by Crippen LogP contribution is 2.36. The molecule has 0 unspecified atom stereocenters. The van der Waals surface area contributed by atoms with Gasteiger partial charge in [0.05, 0.1) is 18.6 Å². The van der Waals surface area contributed by atoms with Crippen molar-refractivity contribution in [3.05, 3.63) is 0 Å². The lowest BCUT2D eigenvalue weighted by molar-refractivity contribution is -0.144. The minimum Gasteiger partial charge on any atom is -0.346 e. The quantitative estimate of drug-likeness (QED) is 0.734. The van der Waals surface area contributed by atoms with Crippen molar-refractivity contribution in [2.75, 3.05) is 39.8 Å². The van der Waals surface area contributed by atoms with Crippen molar-refractivity contribution >= 4 is 11.8 Å². The molecule has 0 aromatic carbocycles. The van der Waals surface area contributed by atoms with Gasteiger partial charge in [0.25, 0.3) is 0 Å². The molecule has 0 aromatic heterocycles. The van der Waals surface area contributed by atoms with E-state index in [0.29, 0.717) is 0 Å². The number of hydrogen-bond acceptors (Lipinski definition) is 4. The number of hydrogen-bond donors (Lipinski definition) is 2. The Morgan fingerprint density at radius 2 is 1.90 bits per heavy atom. The summed E-state index contributed by atoms with van der Waals surface area (Å²) in [5, 5.41) is 2.59. The van der Waals surface area contributed by atoms with E-state index >= 15 is 0 Å². The first-order chi connectivity index (χ1) is 9.57. The summed E-state index contributed by atoms with van der Waals surface area (Å²) in [6.45, 7) is 2.61. The van der Waals surface area contributed by atoms with Crippen molar-refractivity contribution in [1.29, 1.82) is 0 Å². The zero-order chi connectivity index (χ0) is 14.6. The van der Waals surface area contributed by atoms with Crippen LogP contribution in [0.2, 0.25) is 0 Å². The summed E-state index contributed by atoms with van der Waals surface area (Å²) in [4.78, 5) is 28.0. The molecule has 0 radical (unpaired) electrons. The average Bonchev–Trinajstić information content (AvgIpc) is 2.45. The molecule has 1 aliphatic heterocycles. The number of amides is 2. The Balaban J connectivity index is 2.02. The number of piperazine rings is 1. The fourth-order valence-corrected chi connectivity index (χ4v) is 3.54. The Morgan fingerprint density at radius 1 is 1.20 bits per heavy atom. The molecule has 2 rings (SSSR count). The summed E-state index contributed by atoms with van der Waals surface area (Å²) in [5.74, 6) is -0.244. The SMILES string of the molecule is CN1CCN(C(=O)CNC(=O)CN)C2(CCCCC2)C1. The van der Waals surface area contributed by atoms with Crippen LogP contribution in [0.25, 0.3) is 0 Å². The van der Waals surface area contributed by atoms with Gasteiger partial charge in [-0.15, -0.1) is 0 Å². The van der Waals surface area contributed by atoms with Gasteiger partial charge in [-0.25, -0.2) is 0 Å². The fraction of sp³-hybridized carbons (Fsp3) is 0.857. The number of carbonyl (C=O) groups is 2. The van der Waals surface area contributed by atoms with E-state index in [-0.39, 0.29) is 30.4 Å². The first kappa shape index (κ1) is 15.3. The summed E-state index contributed by atoms with van der Waals surface area (Å²) in [7, 11) is 2.12. The van der Waals surface area contributed by atoms with Crippen molar-refractivity contribution in [1.82, 2.24) is 15.1 Å². The molecule has 1 saturated heterocycles. The van der Waals surface area contributed by atoms with Crippen molar-refractivity contribution in [2.24, 2.45) is 5.73 Å². The zero-order valence-electron chi connectivity index (χ0n) is 12.4. The van der Waals surface area contributed by atoms with Gasteiger partial charge in [0, 0.05) is 19.6 Å². The smallest absolute Gasteiger partial charge is 0.242 e. The van der Waals surface area contributed by atoms with E-state index in [1.165, 1.54) is 19.3 Å². The van der Waals surface area contributed by atoms with Gasteiger partial charge in [-0.1, -0.05) is 19.3 Å². The number of nitrogens with two attached hydrogens (primary N) is 1. The number of nitrogens with zero attached hydrogens (tertiary/aromatic N) is 2. The molecule has 3 N–H and O–H groups in total. The van der Waals surface area contributed by atoms with Crippen LogP contribution in [0.5, 0.6) is 0 Å². The number of rotatable bonds is 3. The van der Waals surface area contributed by atoms with Crippen molar-refractivity contribution in [3.63, 3.8) is 0 Å². The third kappa shape index (κ3) is 3.30. The average molecular weight is 282 g/mol. The zero-order valence-corrected chi connectivity index (χ0v) is 12.4. The van der Waals surface area contributed by atoms with E-state index in [4.69, 9.17) is 5.73 Å². The second-order valence-electron chi connectivity index (χ2n) is 6.05.